The highest BCUT2D eigenvalue weighted by Gasteiger charge is 2.46. The standard InChI is InChI=1S/C19H23F3N6O4S2/c1-10(2)28-7-5-6-12-8-13(14(9-15(12)28)27-34(30,31)19(20,21)22)23-25-18-26-24-16(33-18)17(29)32-11(3)4/h8-11,27H,5-7H2,1-4H3/b25-23+. The number of nitrogens with one attached hydrogen (secondary N) is 1. The molecule has 0 saturated heterocycles. The lowest BCUT2D eigenvalue weighted by atomic mass is 9.99. The van der Waals surface area contributed by atoms with Crippen molar-refractivity contribution in [3.63, 3.8) is 0 Å². The van der Waals surface area contributed by atoms with E-state index >= 15 is 0 Å². The van der Waals surface area contributed by atoms with E-state index in [1.165, 1.54) is 12.1 Å². The number of fused-ring (bicyclic) bond motifs is 1. The fourth-order valence-corrected chi connectivity index (χ4v) is 4.37. The van der Waals surface area contributed by atoms with Crippen LogP contribution in [0.2, 0.25) is 0 Å². The molecule has 0 aliphatic carbocycles. The Balaban J connectivity index is 2.00. The Bertz CT molecular complexity index is 1200. The van der Waals surface area contributed by atoms with Crippen molar-refractivity contribution in [1.82, 2.24) is 10.2 Å². The van der Waals surface area contributed by atoms with E-state index in [0.717, 1.165) is 23.3 Å². The Morgan fingerprint density at radius 1 is 1.21 bits per heavy atom. The summed E-state index contributed by atoms with van der Waals surface area (Å²) in [5.74, 6) is -0.699. The number of anilines is 2. The fraction of sp³-hybridized carbons (Fsp3) is 0.526. The molecule has 186 valence electrons. The van der Waals surface area contributed by atoms with Crippen molar-refractivity contribution in [2.24, 2.45) is 10.2 Å². The number of sulfonamides is 1. The van der Waals surface area contributed by atoms with Crippen LogP contribution >= 0.6 is 11.3 Å². The van der Waals surface area contributed by atoms with Gasteiger partial charge in [0.25, 0.3) is 5.13 Å². The third-order valence-corrected chi connectivity index (χ3v) is 6.58. The average Bonchev–Trinajstić information content (AvgIpc) is 3.19. The predicted molar refractivity (Wildman–Crippen MR) is 120 cm³/mol. The van der Waals surface area contributed by atoms with Crippen LogP contribution in [-0.4, -0.2) is 48.8 Å². The summed E-state index contributed by atoms with van der Waals surface area (Å²) < 4.78 is 69.3. The molecule has 1 aromatic heterocycles. The van der Waals surface area contributed by atoms with Crippen molar-refractivity contribution in [2.75, 3.05) is 16.2 Å². The quantitative estimate of drug-likeness (QED) is 0.405. The number of aryl methyl sites for hydroxylation is 1. The van der Waals surface area contributed by atoms with Crippen molar-refractivity contribution in [3.8, 4) is 0 Å². The molecule has 0 atom stereocenters. The van der Waals surface area contributed by atoms with Gasteiger partial charge in [0, 0.05) is 18.3 Å². The SMILES string of the molecule is CC(C)OC(=O)c1nnc(/N=N/c2cc3c(cc2NS(=O)(=O)C(F)(F)F)N(C(C)C)CCC3)s1. The molecule has 1 aliphatic heterocycles. The van der Waals surface area contributed by atoms with E-state index < -0.39 is 21.5 Å². The highest BCUT2D eigenvalue weighted by atomic mass is 32.2. The molecule has 34 heavy (non-hydrogen) atoms. The molecule has 0 bridgehead atoms. The minimum atomic E-state index is -5.70. The largest absolute Gasteiger partial charge is 0.516 e. The Morgan fingerprint density at radius 3 is 2.53 bits per heavy atom. The highest BCUT2D eigenvalue weighted by Crippen LogP contribution is 2.40. The zero-order chi connectivity index (χ0) is 25.3. The summed E-state index contributed by atoms with van der Waals surface area (Å²) in [5, 5.41) is 15.0. The molecule has 3 rings (SSSR count). The molecule has 0 unspecified atom stereocenters. The van der Waals surface area contributed by atoms with Gasteiger partial charge in [-0.25, -0.2) is 4.79 Å². The lowest BCUT2D eigenvalue weighted by molar-refractivity contribution is -0.0429. The first-order valence-electron chi connectivity index (χ1n) is 10.3. The van der Waals surface area contributed by atoms with Crippen LogP contribution < -0.4 is 9.62 Å². The number of hydrogen-bond donors (Lipinski definition) is 1. The van der Waals surface area contributed by atoms with E-state index in [2.05, 4.69) is 20.4 Å². The van der Waals surface area contributed by atoms with Gasteiger partial charge in [0.1, 0.15) is 5.69 Å². The van der Waals surface area contributed by atoms with E-state index in [4.69, 9.17) is 4.74 Å². The number of azo groups is 1. The Labute approximate surface area is 198 Å². The Hall–Kier alpha value is -2.81. The van der Waals surface area contributed by atoms with Gasteiger partial charge in [-0.3, -0.25) is 4.72 Å². The molecule has 0 amide bonds. The topological polar surface area (TPSA) is 126 Å². The lowest BCUT2D eigenvalue weighted by Crippen LogP contribution is -2.35. The number of halogens is 3. The number of esters is 1. The van der Waals surface area contributed by atoms with Gasteiger partial charge in [-0.1, -0.05) is 11.3 Å². The van der Waals surface area contributed by atoms with Crippen LogP contribution in [0, 0.1) is 0 Å². The van der Waals surface area contributed by atoms with Crippen LogP contribution in [0.4, 0.5) is 35.4 Å². The van der Waals surface area contributed by atoms with Crippen molar-refractivity contribution < 1.29 is 31.1 Å². The molecule has 1 aromatic carbocycles. The van der Waals surface area contributed by atoms with Gasteiger partial charge in [-0.15, -0.1) is 20.4 Å². The minimum absolute atomic E-state index is 0.0454. The van der Waals surface area contributed by atoms with Gasteiger partial charge in [0.15, 0.2) is 0 Å². The molecule has 1 aliphatic rings. The van der Waals surface area contributed by atoms with Crippen molar-refractivity contribution in [3.05, 3.63) is 22.7 Å². The first-order chi connectivity index (χ1) is 15.8. The van der Waals surface area contributed by atoms with E-state index in [1.807, 2.05) is 18.7 Å². The van der Waals surface area contributed by atoms with Crippen LogP contribution in [0.1, 0.15) is 49.5 Å². The van der Waals surface area contributed by atoms with Crippen LogP contribution in [0.15, 0.2) is 22.4 Å². The van der Waals surface area contributed by atoms with Crippen molar-refractivity contribution in [2.45, 2.75) is 58.2 Å². The number of carbonyl (C=O) groups is 1. The van der Waals surface area contributed by atoms with Crippen LogP contribution in [0.3, 0.4) is 0 Å². The van der Waals surface area contributed by atoms with Gasteiger partial charge in [0.2, 0.25) is 5.01 Å². The number of aromatic nitrogens is 2. The van der Waals surface area contributed by atoms with Gasteiger partial charge < -0.3 is 9.64 Å². The molecule has 2 aromatic rings. The fourth-order valence-electron chi connectivity index (χ4n) is 3.25. The normalized spacial score (nSPS) is 14.7. The summed E-state index contributed by atoms with van der Waals surface area (Å²) in [5.41, 5.74) is -4.60. The summed E-state index contributed by atoms with van der Waals surface area (Å²) >= 11 is 0.774. The first kappa shape index (κ1) is 25.8. The number of hydrogen-bond acceptors (Lipinski definition) is 10. The maximum absolute atomic E-state index is 13.0. The second kappa shape index (κ2) is 9.82. The summed E-state index contributed by atoms with van der Waals surface area (Å²) in [6.07, 6.45) is 1.08. The molecular formula is C19H23F3N6O4S2. The zero-order valence-corrected chi connectivity index (χ0v) is 20.4. The third-order valence-electron chi connectivity index (χ3n) is 4.70. The monoisotopic (exact) mass is 520 g/mol. The molecule has 0 saturated carbocycles. The molecule has 1 N–H and O–H groups in total. The van der Waals surface area contributed by atoms with Crippen molar-refractivity contribution in [1.29, 1.82) is 0 Å². The highest BCUT2D eigenvalue weighted by molar-refractivity contribution is 7.93. The maximum atomic E-state index is 13.0. The van der Waals surface area contributed by atoms with Crippen LogP contribution in [0.5, 0.6) is 0 Å². The lowest BCUT2D eigenvalue weighted by Gasteiger charge is -2.35. The van der Waals surface area contributed by atoms with E-state index in [0.29, 0.717) is 18.7 Å². The second-order valence-corrected chi connectivity index (χ2v) is 10.6. The van der Waals surface area contributed by atoms with Crippen LogP contribution in [0.25, 0.3) is 0 Å². The number of alkyl halides is 3. The zero-order valence-electron chi connectivity index (χ0n) is 18.8. The molecule has 2 heterocycles. The summed E-state index contributed by atoms with van der Waals surface area (Å²) in [6.45, 7) is 7.87. The minimum Gasteiger partial charge on any atom is -0.458 e. The Kier molecular flexibility index (Phi) is 7.45. The van der Waals surface area contributed by atoms with Gasteiger partial charge >= 0.3 is 21.5 Å². The average molecular weight is 521 g/mol. The summed E-state index contributed by atoms with van der Waals surface area (Å²) in [7, 11) is -5.70. The number of rotatable bonds is 7. The second-order valence-electron chi connectivity index (χ2n) is 7.98. The van der Waals surface area contributed by atoms with E-state index in [1.54, 1.807) is 18.6 Å². The smallest absolute Gasteiger partial charge is 0.458 e. The maximum Gasteiger partial charge on any atom is 0.516 e. The van der Waals surface area contributed by atoms with Gasteiger partial charge in [0.05, 0.1) is 11.8 Å². The number of benzene rings is 1. The predicted octanol–water partition coefficient (Wildman–Crippen LogP) is 4.94. The van der Waals surface area contributed by atoms with E-state index in [9.17, 15) is 26.4 Å². The van der Waals surface area contributed by atoms with Gasteiger partial charge in [-0.05, 0) is 58.2 Å². The summed E-state index contributed by atoms with van der Waals surface area (Å²) in [4.78, 5) is 13.9. The number of nitrogens with zero attached hydrogens (tertiary/aromatic N) is 5. The van der Waals surface area contributed by atoms with Gasteiger partial charge in [-0.2, -0.15) is 21.6 Å². The summed E-state index contributed by atoms with van der Waals surface area (Å²) in [6, 6.07) is 2.87. The molecule has 0 radical (unpaired) electrons. The molecular weight excluding hydrogens is 497 g/mol. The first-order valence-corrected chi connectivity index (χ1v) is 12.6. The third kappa shape index (κ3) is 5.81. The van der Waals surface area contributed by atoms with Crippen molar-refractivity contribution >= 4 is 49.5 Å². The number of ether oxygens (including phenoxy) is 1. The van der Waals surface area contributed by atoms with E-state index in [-0.39, 0.29) is 33.7 Å². The number of carbonyl (C=O) groups excluding carboxylic acids is 1. The van der Waals surface area contributed by atoms with Crippen LogP contribution in [-0.2, 0) is 21.2 Å². The molecule has 0 spiro atoms. The Morgan fingerprint density at radius 2 is 1.91 bits per heavy atom. The molecule has 0 fully saturated rings. The molecule has 10 nitrogen and oxygen atoms in total. The molecule has 15 heteroatoms.